The number of para-hydroxylation sites is 1. The summed E-state index contributed by atoms with van der Waals surface area (Å²) >= 11 is 1.56. The number of hydrogen-bond donors (Lipinski definition) is 2. The van der Waals surface area contributed by atoms with Crippen molar-refractivity contribution in [2.24, 2.45) is 11.3 Å². The molecule has 32 heavy (non-hydrogen) atoms. The summed E-state index contributed by atoms with van der Waals surface area (Å²) in [5.74, 6) is 0.203. The number of fused-ring (bicyclic) bond motifs is 1. The van der Waals surface area contributed by atoms with E-state index < -0.39 is 0 Å². The van der Waals surface area contributed by atoms with Crippen LogP contribution in [0.15, 0.2) is 54.6 Å². The summed E-state index contributed by atoms with van der Waals surface area (Å²) in [7, 11) is 0. The van der Waals surface area contributed by atoms with Gasteiger partial charge in [-0.2, -0.15) is 0 Å². The van der Waals surface area contributed by atoms with Gasteiger partial charge in [0.25, 0.3) is 11.8 Å². The molecule has 1 atom stereocenters. The smallest absolute Gasteiger partial charge is 0.258 e. The first kappa shape index (κ1) is 22.3. The Hall–Kier alpha value is -2.92. The second-order valence-corrected chi connectivity index (χ2v) is 10.7. The molecule has 0 fully saturated rings. The van der Waals surface area contributed by atoms with E-state index in [2.05, 4.69) is 31.4 Å². The van der Waals surface area contributed by atoms with E-state index in [0.717, 1.165) is 36.1 Å². The molecule has 4 nitrogen and oxygen atoms in total. The van der Waals surface area contributed by atoms with Crippen molar-refractivity contribution in [2.45, 2.75) is 47.0 Å². The lowest BCUT2D eigenvalue weighted by molar-refractivity contribution is 0.102. The fourth-order valence-corrected chi connectivity index (χ4v) is 5.64. The molecule has 166 valence electrons. The molecule has 1 aliphatic rings. The summed E-state index contributed by atoms with van der Waals surface area (Å²) in [5.41, 5.74) is 4.29. The van der Waals surface area contributed by atoms with Gasteiger partial charge in [-0.25, -0.2) is 0 Å². The van der Waals surface area contributed by atoms with E-state index in [1.165, 1.54) is 4.88 Å². The van der Waals surface area contributed by atoms with Crippen LogP contribution in [0.5, 0.6) is 0 Å². The quantitative estimate of drug-likeness (QED) is 0.468. The Morgan fingerprint density at radius 2 is 1.62 bits per heavy atom. The van der Waals surface area contributed by atoms with Gasteiger partial charge < -0.3 is 10.6 Å². The van der Waals surface area contributed by atoms with Gasteiger partial charge in [0.1, 0.15) is 5.00 Å². The van der Waals surface area contributed by atoms with E-state index in [4.69, 9.17) is 0 Å². The lowest BCUT2D eigenvalue weighted by Gasteiger charge is -2.33. The molecule has 0 aliphatic heterocycles. The maximum absolute atomic E-state index is 13.5. The molecule has 2 aromatic carbocycles. The Morgan fingerprint density at radius 1 is 0.938 bits per heavy atom. The summed E-state index contributed by atoms with van der Waals surface area (Å²) < 4.78 is 0. The highest BCUT2D eigenvalue weighted by Gasteiger charge is 2.34. The van der Waals surface area contributed by atoms with Crippen LogP contribution in [0, 0.1) is 18.3 Å². The Morgan fingerprint density at radius 3 is 2.31 bits per heavy atom. The van der Waals surface area contributed by atoms with Gasteiger partial charge in [0, 0.05) is 16.1 Å². The third-order valence-corrected chi connectivity index (χ3v) is 7.54. The van der Waals surface area contributed by atoms with Gasteiger partial charge >= 0.3 is 0 Å². The molecule has 4 rings (SSSR count). The van der Waals surface area contributed by atoms with E-state index in [9.17, 15) is 9.59 Å². The molecule has 5 heteroatoms. The van der Waals surface area contributed by atoms with Gasteiger partial charge in [-0.15, -0.1) is 11.3 Å². The first-order valence-electron chi connectivity index (χ1n) is 11.1. The zero-order chi connectivity index (χ0) is 22.9. The summed E-state index contributed by atoms with van der Waals surface area (Å²) in [5, 5.41) is 6.75. The average molecular weight is 447 g/mol. The van der Waals surface area contributed by atoms with Gasteiger partial charge in [-0.3, -0.25) is 9.59 Å². The molecule has 0 radical (unpaired) electrons. The molecule has 0 spiro atoms. The minimum Gasteiger partial charge on any atom is -0.322 e. The molecule has 3 aromatic rings. The molecule has 2 N–H and O–H groups in total. The van der Waals surface area contributed by atoms with Crippen LogP contribution < -0.4 is 10.6 Å². The largest absolute Gasteiger partial charge is 0.322 e. The van der Waals surface area contributed by atoms with Crippen molar-refractivity contribution in [3.8, 4) is 0 Å². The molecular weight excluding hydrogens is 416 g/mol. The van der Waals surface area contributed by atoms with Crippen LogP contribution in [0.3, 0.4) is 0 Å². The molecule has 1 aromatic heterocycles. The zero-order valence-electron chi connectivity index (χ0n) is 19.1. The van der Waals surface area contributed by atoms with Gasteiger partial charge in [-0.1, -0.05) is 57.2 Å². The Bertz CT molecular complexity index is 1140. The number of anilines is 2. The number of carbonyl (C=O) groups excluding carboxylic acids is 2. The molecular formula is C27H30N2O2S. The highest BCUT2D eigenvalue weighted by atomic mass is 32.1. The van der Waals surface area contributed by atoms with Gasteiger partial charge in [0.15, 0.2) is 0 Å². The minimum atomic E-state index is -0.193. The lowest BCUT2D eigenvalue weighted by atomic mass is 9.72. The van der Waals surface area contributed by atoms with Crippen LogP contribution in [0.4, 0.5) is 10.7 Å². The second kappa shape index (κ2) is 8.91. The van der Waals surface area contributed by atoms with Crippen molar-refractivity contribution in [3.05, 3.63) is 81.7 Å². The molecule has 1 heterocycles. The van der Waals surface area contributed by atoms with Crippen LogP contribution in [-0.4, -0.2) is 11.8 Å². The first-order chi connectivity index (χ1) is 15.2. The van der Waals surface area contributed by atoms with Crippen molar-refractivity contribution in [1.82, 2.24) is 0 Å². The lowest BCUT2D eigenvalue weighted by Crippen LogP contribution is -2.27. The van der Waals surface area contributed by atoms with Crippen molar-refractivity contribution in [3.63, 3.8) is 0 Å². The van der Waals surface area contributed by atoms with Crippen LogP contribution in [0.1, 0.15) is 63.9 Å². The summed E-state index contributed by atoms with van der Waals surface area (Å²) in [6.07, 6.45) is 2.84. The standard InChI is InChI=1S/C27H30N2O2S/c1-17-10-8-9-13-21(17)28-25(31)23-20-15-14-19(27(2,3)4)16-22(20)32-26(23)29-24(30)18-11-6-5-7-12-18/h5-13,19H,14-16H2,1-4H3,(H,28,31)(H,29,30). The van der Waals surface area contributed by atoms with E-state index in [1.54, 1.807) is 23.5 Å². The Balaban J connectivity index is 1.70. The van der Waals surface area contributed by atoms with E-state index in [1.807, 2.05) is 49.4 Å². The molecule has 0 bridgehead atoms. The van der Waals surface area contributed by atoms with Crippen LogP contribution >= 0.6 is 11.3 Å². The number of thiophene rings is 1. The van der Waals surface area contributed by atoms with Crippen molar-refractivity contribution in [2.75, 3.05) is 10.6 Å². The predicted molar refractivity (Wildman–Crippen MR) is 133 cm³/mol. The number of hydrogen-bond acceptors (Lipinski definition) is 3. The van der Waals surface area contributed by atoms with Gasteiger partial charge in [0.05, 0.1) is 5.56 Å². The maximum Gasteiger partial charge on any atom is 0.258 e. The summed E-state index contributed by atoms with van der Waals surface area (Å²) in [6, 6.07) is 16.9. The topological polar surface area (TPSA) is 58.2 Å². The SMILES string of the molecule is Cc1ccccc1NC(=O)c1c(NC(=O)c2ccccc2)sc2c1CCC(C(C)(C)C)C2. The predicted octanol–water partition coefficient (Wildman–Crippen LogP) is 6.71. The molecule has 2 amide bonds. The molecule has 0 saturated heterocycles. The highest BCUT2D eigenvalue weighted by molar-refractivity contribution is 7.17. The normalized spacial score (nSPS) is 15.7. The number of rotatable bonds is 4. The third kappa shape index (κ3) is 4.63. The van der Waals surface area contributed by atoms with Crippen molar-refractivity contribution < 1.29 is 9.59 Å². The van der Waals surface area contributed by atoms with Gasteiger partial charge in [0.2, 0.25) is 0 Å². The number of amides is 2. The Kier molecular flexibility index (Phi) is 6.20. The molecule has 0 saturated carbocycles. The van der Waals surface area contributed by atoms with Crippen LogP contribution in [-0.2, 0) is 12.8 Å². The van der Waals surface area contributed by atoms with E-state index in [-0.39, 0.29) is 17.2 Å². The number of benzene rings is 2. The monoisotopic (exact) mass is 446 g/mol. The highest BCUT2D eigenvalue weighted by Crippen LogP contribution is 2.44. The zero-order valence-corrected chi connectivity index (χ0v) is 19.9. The molecule has 1 unspecified atom stereocenters. The van der Waals surface area contributed by atoms with Crippen LogP contribution in [0.25, 0.3) is 0 Å². The fourth-order valence-electron chi connectivity index (χ4n) is 4.32. The summed E-state index contributed by atoms with van der Waals surface area (Å²) in [6.45, 7) is 8.81. The number of carbonyl (C=O) groups is 2. The fraction of sp³-hybridized carbons (Fsp3) is 0.333. The Labute approximate surface area is 194 Å². The van der Waals surface area contributed by atoms with E-state index in [0.29, 0.717) is 22.0 Å². The second-order valence-electron chi connectivity index (χ2n) is 9.60. The average Bonchev–Trinajstić information content (AvgIpc) is 3.12. The number of nitrogens with one attached hydrogen (secondary N) is 2. The third-order valence-electron chi connectivity index (χ3n) is 6.37. The van der Waals surface area contributed by atoms with Crippen molar-refractivity contribution >= 4 is 33.8 Å². The first-order valence-corrected chi connectivity index (χ1v) is 11.9. The number of aryl methyl sites for hydroxylation is 1. The molecule has 1 aliphatic carbocycles. The van der Waals surface area contributed by atoms with E-state index >= 15 is 0 Å². The van der Waals surface area contributed by atoms with Crippen LogP contribution in [0.2, 0.25) is 0 Å². The maximum atomic E-state index is 13.5. The van der Waals surface area contributed by atoms with Gasteiger partial charge in [-0.05, 0) is 66.8 Å². The van der Waals surface area contributed by atoms with Crippen molar-refractivity contribution in [1.29, 1.82) is 0 Å². The summed E-state index contributed by atoms with van der Waals surface area (Å²) in [4.78, 5) is 27.6. The minimum absolute atomic E-state index is 0.158.